The summed E-state index contributed by atoms with van der Waals surface area (Å²) < 4.78 is 28.5. The lowest BCUT2D eigenvalue weighted by molar-refractivity contribution is 0.573. The Balaban J connectivity index is 1.95. The fourth-order valence-electron chi connectivity index (χ4n) is 2.62. The van der Waals surface area contributed by atoms with Gasteiger partial charge in [0.15, 0.2) is 0 Å². The second kappa shape index (κ2) is 7.83. The van der Waals surface area contributed by atoms with Gasteiger partial charge < -0.3 is 0 Å². The van der Waals surface area contributed by atoms with E-state index in [1.54, 1.807) is 0 Å². The summed E-state index contributed by atoms with van der Waals surface area (Å²) in [5.74, 6) is 0. The third-order valence-electron chi connectivity index (χ3n) is 4.12. The summed E-state index contributed by atoms with van der Waals surface area (Å²) in [5.41, 5.74) is 2.52. The van der Waals surface area contributed by atoms with E-state index in [0.29, 0.717) is 5.56 Å². The zero-order valence-electron chi connectivity index (χ0n) is 14.2. The van der Waals surface area contributed by atoms with Crippen molar-refractivity contribution in [1.82, 2.24) is 4.72 Å². The van der Waals surface area contributed by atoms with Crippen LogP contribution < -0.4 is 4.72 Å². The van der Waals surface area contributed by atoms with Gasteiger partial charge in [-0.15, -0.1) is 11.3 Å². The molecule has 3 aromatic rings. The van der Waals surface area contributed by atoms with Crippen LogP contribution in [-0.2, 0) is 16.4 Å². The van der Waals surface area contributed by atoms with Gasteiger partial charge in [-0.05, 0) is 53.3 Å². The van der Waals surface area contributed by atoms with Gasteiger partial charge >= 0.3 is 0 Å². The van der Waals surface area contributed by atoms with Crippen LogP contribution in [0.15, 0.2) is 70.9 Å². The Kier molecular flexibility index (Phi) is 5.52. The normalized spacial score (nSPS) is 12.5. The number of nitrogens with one attached hydrogen (secondary N) is 1. The minimum atomic E-state index is -3.73. The van der Waals surface area contributed by atoms with Crippen molar-refractivity contribution in [2.75, 3.05) is 0 Å². The number of sulfonamides is 1. The maximum absolute atomic E-state index is 12.8. The Labute approximate surface area is 157 Å². The molecule has 1 N–H and O–H groups in total. The molecule has 0 aliphatic carbocycles. The molecule has 2 aromatic carbocycles. The lowest BCUT2D eigenvalue weighted by Crippen LogP contribution is -2.29. The van der Waals surface area contributed by atoms with Gasteiger partial charge in [0, 0.05) is 4.88 Å². The van der Waals surface area contributed by atoms with Gasteiger partial charge in [-0.25, -0.2) is 8.42 Å². The molecule has 0 unspecified atom stereocenters. The predicted octanol–water partition coefficient (Wildman–Crippen LogP) is 4.25. The summed E-state index contributed by atoms with van der Waals surface area (Å²) in [6, 6.07) is 19.2. The maximum atomic E-state index is 12.8. The Morgan fingerprint density at radius 1 is 1.08 bits per heavy atom. The lowest BCUT2D eigenvalue weighted by atomic mass is 10.0. The molecule has 1 atom stereocenters. The number of hydrogen-bond acceptors (Lipinski definition) is 4. The summed E-state index contributed by atoms with van der Waals surface area (Å²) in [4.78, 5) is 1.06. The average Bonchev–Trinajstić information content (AvgIpc) is 3.21. The number of aryl methyl sites for hydroxylation is 1. The van der Waals surface area contributed by atoms with Gasteiger partial charge in [-0.3, -0.25) is 0 Å². The molecule has 1 heterocycles. The molecule has 26 heavy (non-hydrogen) atoms. The van der Waals surface area contributed by atoms with Crippen LogP contribution in [0, 0.1) is 11.3 Å². The van der Waals surface area contributed by atoms with Crippen molar-refractivity contribution in [1.29, 1.82) is 5.26 Å². The first kappa shape index (κ1) is 18.3. The zero-order valence-corrected chi connectivity index (χ0v) is 15.8. The molecule has 6 heteroatoms. The molecule has 0 bridgehead atoms. The Bertz CT molecular complexity index is 1000. The number of benzene rings is 2. The minimum Gasteiger partial charge on any atom is -0.207 e. The first-order chi connectivity index (χ1) is 12.5. The van der Waals surface area contributed by atoms with Crippen molar-refractivity contribution in [3.63, 3.8) is 0 Å². The van der Waals surface area contributed by atoms with E-state index in [-0.39, 0.29) is 4.90 Å². The predicted molar refractivity (Wildman–Crippen MR) is 103 cm³/mol. The van der Waals surface area contributed by atoms with Gasteiger partial charge in [0.25, 0.3) is 0 Å². The molecule has 3 rings (SSSR count). The van der Waals surface area contributed by atoms with Gasteiger partial charge in [-0.1, -0.05) is 37.3 Å². The molecular weight excluding hydrogens is 364 g/mol. The first-order valence-electron chi connectivity index (χ1n) is 8.18. The lowest BCUT2D eigenvalue weighted by Gasteiger charge is -2.18. The first-order valence-corrected chi connectivity index (χ1v) is 10.5. The monoisotopic (exact) mass is 382 g/mol. The van der Waals surface area contributed by atoms with Gasteiger partial charge in [0.2, 0.25) is 10.0 Å². The highest BCUT2D eigenvalue weighted by atomic mass is 32.2. The fourth-order valence-corrected chi connectivity index (χ4v) is 4.70. The Morgan fingerprint density at radius 3 is 2.31 bits per heavy atom. The van der Waals surface area contributed by atoms with E-state index < -0.39 is 16.1 Å². The molecule has 0 saturated heterocycles. The Morgan fingerprint density at radius 2 is 1.77 bits per heavy atom. The van der Waals surface area contributed by atoms with Gasteiger partial charge in [0.05, 0.1) is 22.6 Å². The second-order valence-electron chi connectivity index (χ2n) is 5.80. The smallest absolute Gasteiger partial charge is 0.207 e. The number of nitriles is 1. The summed E-state index contributed by atoms with van der Waals surface area (Å²) in [7, 11) is -3.73. The quantitative estimate of drug-likeness (QED) is 0.693. The number of nitrogens with zero attached hydrogens (tertiary/aromatic N) is 1. The van der Waals surface area contributed by atoms with Crippen LogP contribution in [0.1, 0.15) is 34.5 Å². The SMILES string of the molecule is CCc1ccc([C@H](NS(=O)(=O)c2ccc(C#N)cc2)c2cccs2)cc1. The van der Waals surface area contributed by atoms with E-state index in [2.05, 4.69) is 11.6 Å². The summed E-state index contributed by atoms with van der Waals surface area (Å²) in [6.07, 6.45) is 0.931. The largest absolute Gasteiger partial charge is 0.241 e. The van der Waals surface area contributed by atoms with Crippen molar-refractivity contribution >= 4 is 21.4 Å². The highest BCUT2D eigenvalue weighted by Gasteiger charge is 2.23. The highest BCUT2D eigenvalue weighted by molar-refractivity contribution is 7.89. The van der Waals surface area contributed by atoms with Crippen molar-refractivity contribution in [3.05, 3.63) is 87.6 Å². The van der Waals surface area contributed by atoms with Crippen molar-refractivity contribution in [2.24, 2.45) is 0 Å². The van der Waals surface area contributed by atoms with Crippen LogP contribution in [-0.4, -0.2) is 8.42 Å². The standard InChI is InChI=1S/C20H18N2O2S2/c1-2-15-5-9-17(10-6-15)20(19-4-3-13-25-19)22-26(23,24)18-11-7-16(14-21)8-12-18/h3-13,20,22H,2H2,1H3/t20-/m0/s1. The van der Waals surface area contributed by atoms with Gasteiger partial charge in [0.1, 0.15) is 0 Å². The summed E-state index contributed by atoms with van der Waals surface area (Å²) in [5, 5.41) is 10.8. The topological polar surface area (TPSA) is 70.0 Å². The fraction of sp³-hybridized carbons (Fsp3) is 0.150. The summed E-state index contributed by atoms with van der Waals surface area (Å²) >= 11 is 1.51. The van der Waals surface area contributed by atoms with Gasteiger partial charge in [-0.2, -0.15) is 9.98 Å². The minimum absolute atomic E-state index is 0.142. The van der Waals surface area contributed by atoms with Crippen molar-refractivity contribution in [3.8, 4) is 6.07 Å². The van der Waals surface area contributed by atoms with Crippen LogP contribution in [0.3, 0.4) is 0 Å². The molecule has 0 radical (unpaired) electrons. The molecule has 0 fully saturated rings. The van der Waals surface area contributed by atoms with E-state index in [1.807, 2.05) is 47.8 Å². The van der Waals surface area contributed by atoms with Crippen molar-refractivity contribution < 1.29 is 8.42 Å². The van der Waals surface area contributed by atoms with E-state index >= 15 is 0 Å². The second-order valence-corrected chi connectivity index (χ2v) is 8.49. The van der Waals surface area contributed by atoms with Crippen LogP contribution in [0.5, 0.6) is 0 Å². The van der Waals surface area contributed by atoms with E-state index in [9.17, 15) is 8.42 Å². The van der Waals surface area contributed by atoms with E-state index in [0.717, 1.165) is 16.9 Å². The van der Waals surface area contributed by atoms with E-state index in [1.165, 1.54) is 41.2 Å². The van der Waals surface area contributed by atoms with Crippen LogP contribution in [0.4, 0.5) is 0 Å². The third-order valence-corrected chi connectivity index (χ3v) is 6.49. The van der Waals surface area contributed by atoms with Crippen LogP contribution >= 0.6 is 11.3 Å². The number of thiophene rings is 1. The summed E-state index contributed by atoms with van der Waals surface area (Å²) in [6.45, 7) is 2.08. The molecule has 0 amide bonds. The third kappa shape index (κ3) is 4.02. The van der Waals surface area contributed by atoms with Crippen LogP contribution in [0.25, 0.3) is 0 Å². The molecule has 132 valence electrons. The Hall–Kier alpha value is -2.46. The molecule has 1 aromatic heterocycles. The molecule has 4 nitrogen and oxygen atoms in total. The highest BCUT2D eigenvalue weighted by Crippen LogP contribution is 2.28. The molecule has 0 aliphatic heterocycles. The van der Waals surface area contributed by atoms with E-state index in [4.69, 9.17) is 5.26 Å². The molecule has 0 spiro atoms. The maximum Gasteiger partial charge on any atom is 0.241 e. The molecular formula is C20H18N2O2S2. The van der Waals surface area contributed by atoms with Crippen molar-refractivity contribution in [2.45, 2.75) is 24.3 Å². The number of hydrogen-bond donors (Lipinski definition) is 1. The molecule has 0 saturated carbocycles. The number of rotatable bonds is 6. The molecule has 0 aliphatic rings. The zero-order chi connectivity index (χ0) is 18.6. The van der Waals surface area contributed by atoms with Crippen LogP contribution in [0.2, 0.25) is 0 Å². The average molecular weight is 383 g/mol.